The van der Waals surface area contributed by atoms with E-state index in [4.69, 9.17) is 5.11 Å². The Kier molecular flexibility index (Phi) is 6.73. The average molecular weight is 283 g/mol. The minimum Gasteiger partial charge on any atom is -0.395 e. The fourth-order valence-electron chi connectivity index (χ4n) is 1.73. The normalized spacial score (nSPS) is 12.4. The van der Waals surface area contributed by atoms with Gasteiger partial charge >= 0.3 is 0 Å². The zero-order chi connectivity index (χ0) is 14.3. The van der Waals surface area contributed by atoms with Crippen molar-refractivity contribution in [3.8, 4) is 0 Å². The number of benzene rings is 1. The van der Waals surface area contributed by atoms with E-state index in [1.165, 1.54) is 0 Å². The molecule has 1 aromatic rings. The SMILES string of the molecule is CC(C)N(Cc1ccccc1)C(=O)CS(=O)CCO. The third kappa shape index (κ3) is 5.53. The number of hydrogen-bond acceptors (Lipinski definition) is 3. The van der Waals surface area contributed by atoms with E-state index in [-0.39, 0.29) is 30.1 Å². The summed E-state index contributed by atoms with van der Waals surface area (Å²) in [7, 11) is -1.29. The predicted octanol–water partition coefficient (Wildman–Crippen LogP) is 1.16. The van der Waals surface area contributed by atoms with Gasteiger partial charge in [0.25, 0.3) is 0 Å². The molecule has 1 rings (SSSR count). The van der Waals surface area contributed by atoms with E-state index in [0.717, 1.165) is 5.56 Å². The molecule has 4 nitrogen and oxygen atoms in total. The number of carbonyl (C=O) groups is 1. The van der Waals surface area contributed by atoms with E-state index in [0.29, 0.717) is 6.54 Å². The molecule has 0 aliphatic heterocycles. The minimum absolute atomic E-state index is 0.0222. The van der Waals surface area contributed by atoms with Crippen molar-refractivity contribution < 1.29 is 14.1 Å². The van der Waals surface area contributed by atoms with Crippen LogP contribution in [0.5, 0.6) is 0 Å². The van der Waals surface area contributed by atoms with Crippen molar-refractivity contribution in [3.05, 3.63) is 35.9 Å². The summed E-state index contributed by atoms with van der Waals surface area (Å²) in [4.78, 5) is 13.8. The Morgan fingerprint density at radius 1 is 1.32 bits per heavy atom. The molecule has 19 heavy (non-hydrogen) atoms. The average Bonchev–Trinajstić information content (AvgIpc) is 2.36. The Bertz CT molecular complexity index is 420. The van der Waals surface area contributed by atoms with Gasteiger partial charge in [-0.25, -0.2) is 0 Å². The number of aliphatic hydroxyl groups excluding tert-OH is 1. The first kappa shape index (κ1) is 15.9. The summed E-state index contributed by atoms with van der Waals surface area (Å²) in [6.45, 7) is 4.25. The zero-order valence-corrected chi connectivity index (χ0v) is 12.2. The van der Waals surface area contributed by atoms with Crippen LogP contribution in [0.3, 0.4) is 0 Å². The summed E-state index contributed by atoms with van der Waals surface area (Å²) in [6, 6.07) is 9.78. The van der Waals surface area contributed by atoms with Crippen LogP contribution in [0.2, 0.25) is 0 Å². The quantitative estimate of drug-likeness (QED) is 0.817. The molecule has 0 aliphatic carbocycles. The van der Waals surface area contributed by atoms with Crippen LogP contribution in [0.25, 0.3) is 0 Å². The molecule has 1 aromatic carbocycles. The third-order valence-corrected chi connectivity index (χ3v) is 3.95. The molecule has 1 unspecified atom stereocenters. The molecule has 1 amide bonds. The fraction of sp³-hybridized carbons (Fsp3) is 0.500. The first-order valence-corrected chi connectivity index (χ1v) is 7.82. The van der Waals surface area contributed by atoms with Crippen molar-refractivity contribution in [3.63, 3.8) is 0 Å². The maximum absolute atomic E-state index is 12.1. The van der Waals surface area contributed by atoms with Crippen molar-refractivity contribution in [1.82, 2.24) is 4.90 Å². The summed E-state index contributed by atoms with van der Waals surface area (Å²) in [5.41, 5.74) is 1.05. The zero-order valence-electron chi connectivity index (χ0n) is 11.4. The standard InChI is InChI=1S/C14H21NO3S/c1-12(2)15(10-13-6-4-3-5-7-13)14(17)11-19(18)9-8-16/h3-7,12,16H,8-11H2,1-2H3. The van der Waals surface area contributed by atoms with E-state index in [1.54, 1.807) is 4.90 Å². The third-order valence-electron chi connectivity index (χ3n) is 2.74. The van der Waals surface area contributed by atoms with Gasteiger partial charge in [-0.3, -0.25) is 9.00 Å². The molecule has 0 radical (unpaired) electrons. The van der Waals surface area contributed by atoms with Crippen LogP contribution < -0.4 is 0 Å². The molecule has 1 N–H and O–H groups in total. The highest BCUT2D eigenvalue weighted by Gasteiger charge is 2.19. The van der Waals surface area contributed by atoms with Gasteiger partial charge < -0.3 is 10.0 Å². The van der Waals surface area contributed by atoms with Crippen LogP contribution in [0.1, 0.15) is 19.4 Å². The van der Waals surface area contributed by atoms with Gasteiger partial charge in [-0.15, -0.1) is 0 Å². The van der Waals surface area contributed by atoms with Crippen molar-refractivity contribution in [2.24, 2.45) is 0 Å². The Morgan fingerprint density at radius 2 is 1.95 bits per heavy atom. The van der Waals surface area contributed by atoms with E-state index < -0.39 is 10.8 Å². The molecule has 106 valence electrons. The molecule has 0 heterocycles. The first-order chi connectivity index (χ1) is 9.04. The van der Waals surface area contributed by atoms with E-state index in [9.17, 15) is 9.00 Å². The number of hydrogen-bond donors (Lipinski definition) is 1. The molecule has 0 saturated carbocycles. The van der Waals surface area contributed by atoms with Gasteiger partial charge in [0.1, 0.15) is 5.75 Å². The Hall–Kier alpha value is -1.20. The van der Waals surface area contributed by atoms with E-state index >= 15 is 0 Å². The number of carbonyl (C=O) groups excluding carboxylic acids is 1. The van der Waals surface area contributed by atoms with Crippen molar-refractivity contribution >= 4 is 16.7 Å². The molecule has 5 heteroatoms. The lowest BCUT2D eigenvalue weighted by Gasteiger charge is -2.26. The Morgan fingerprint density at radius 3 is 2.47 bits per heavy atom. The number of nitrogens with zero attached hydrogens (tertiary/aromatic N) is 1. The second-order valence-electron chi connectivity index (χ2n) is 4.61. The minimum atomic E-state index is -1.29. The molecular formula is C14H21NO3S. The maximum Gasteiger partial charge on any atom is 0.235 e. The fourth-order valence-corrected chi connectivity index (χ4v) is 2.52. The molecule has 0 bridgehead atoms. The lowest BCUT2D eigenvalue weighted by Crippen LogP contribution is -2.39. The van der Waals surface area contributed by atoms with Crippen LogP contribution >= 0.6 is 0 Å². The Labute approximate surface area is 116 Å². The second-order valence-corrected chi connectivity index (χ2v) is 6.19. The van der Waals surface area contributed by atoms with Gasteiger partial charge in [0.15, 0.2) is 0 Å². The molecule has 0 saturated heterocycles. The predicted molar refractivity (Wildman–Crippen MR) is 77.1 cm³/mol. The summed E-state index contributed by atoms with van der Waals surface area (Å²) in [5, 5.41) is 8.71. The molecule has 1 atom stereocenters. The maximum atomic E-state index is 12.1. The van der Waals surface area contributed by atoms with Gasteiger partial charge in [-0.05, 0) is 19.4 Å². The van der Waals surface area contributed by atoms with Gasteiger partial charge in [-0.1, -0.05) is 30.3 Å². The number of aliphatic hydroxyl groups is 1. The summed E-state index contributed by atoms with van der Waals surface area (Å²) in [5.74, 6) is -0.000152. The lowest BCUT2D eigenvalue weighted by atomic mass is 10.2. The van der Waals surface area contributed by atoms with Crippen molar-refractivity contribution in [2.75, 3.05) is 18.1 Å². The van der Waals surface area contributed by atoms with Gasteiger partial charge in [0.2, 0.25) is 5.91 Å². The van der Waals surface area contributed by atoms with E-state index in [1.807, 2.05) is 44.2 Å². The topological polar surface area (TPSA) is 57.6 Å². The summed E-state index contributed by atoms with van der Waals surface area (Å²) < 4.78 is 11.5. The molecule has 0 spiro atoms. The first-order valence-electron chi connectivity index (χ1n) is 6.33. The molecule has 0 fully saturated rings. The summed E-state index contributed by atoms with van der Waals surface area (Å²) >= 11 is 0. The van der Waals surface area contributed by atoms with Gasteiger partial charge in [0, 0.05) is 29.1 Å². The van der Waals surface area contributed by atoms with Crippen LogP contribution in [0.4, 0.5) is 0 Å². The second kappa shape index (κ2) is 8.07. The highest BCUT2D eigenvalue weighted by atomic mass is 32.2. The van der Waals surface area contributed by atoms with Gasteiger partial charge in [0.05, 0.1) is 6.61 Å². The molecular weight excluding hydrogens is 262 g/mol. The Balaban J connectivity index is 2.67. The van der Waals surface area contributed by atoms with Crippen LogP contribution in [0.15, 0.2) is 30.3 Å². The lowest BCUT2D eigenvalue weighted by molar-refractivity contribution is -0.130. The van der Waals surface area contributed by atoms with Gasteiger partial charge in [-0.2, -0.15) is 0 Å². The highest BCUT2D eigenvalue weighted by Crippen LogP contribution is 2.09. The van der Waals surface area contributed by atoms with E-state index in [2.05, 4.69) is 0 Å². The van der Waals surface area contributed by atoms with Crippen molar-refractivity contribution in [1.29, 1.82) is 0 Å². The van der Waals surface area contributed by atoms with Crippen molar-refractivity contribution in [2.45, 2.75) is 26.4 Å². The highest BCUT2D eigenvalue weighted by molar-refractivity contribution is 7.85. The molecule has 0 aliphatic rings. The van der Waals surface area contributed by atoms with Crippen LogP contribution in [-0.4, -0.2) is 44.3 Å². The summed E-state index contributed by atoms with van der Waals surface area (Å²) in [6.07, 6.45) is 0. The smallest absolute Gasteiger partial charge is 0.235 e. The monoisotopic (exact) mass is 283 g/mol. The molecule has 0 aromatic heterocycles. The van der Waals surface area contributed by atoms with Crippen LogP contribution in [-0.2, 0) is 22.1 Å². The largest absolute Gasteiger partial charge is 0.395 e. The van der Waals surface area contributed by atoms with Crippen LogP contribution in [0, 0.1) is 0 Å². The number of amides is 1. The number of rotatable bonds is 7.